The van der Waals surface area contributed by atoms with Gasteiger partial charge >= 0.3 is 12.0 Å². The first-order chi connectivity index (χ1) is 12.6. The van der Waals surface area contributed by atoms with Gasteiger partial charge < -0.3 is 15.4 Å². The van der Waals surface area contributed by atoms with E-state index in [0.29, 0.717) is 28.4 Å². The Morgan fingerprint density at radius 2 is 2.08 bits per heavy atom. The molecule has 6 nitrogen and oxygen atoms in total. The lowest BCUT2D eigenvalue weighted by molar-refractivity contribution is -0.139. The Balaban J connectivity index is 2.00. The Morgan fingerprint density at radius 3 is 2.77 bits per heavy atom. The Labute approximate surface area is 162 Å². The van der Waals surface area contributed by atoms with E-state index >= 15 is 0 Å². The summed E-state index contributed by atoms with van der Waals surface area (Å²) in [6.45, 7) is 4.37. The number of halogens is 1. The first-order valence-electron chi connectivity index (χ1n) is 8.62. The van der Waals surface area contributed by atoms with E-state index in [1.807, 2.05) is 30.0 Å². The molecule has 0 saturated carbocycles. The summed E-state index contributed by atoms with van der Waals surface area (Å²) < 4.78 is 5.27. The van der Waals surface area contributed by atoms with E-state index in [-0.39, 0.29) is 12.6 Å². The van der Waals surface area contributed by atoms with E-state index in [1.54, 1.807) is 13.0 Å². The van der Waals surface area contributed by atoms with Gasteiger partial charge in [-0.1, -0.05) is 29.8 Å². The van der Waals surface area contributed by atoms with Crippen molar-refractivity contribution >= 4 is 35.4 Å². The highest BCUT2D eigenvalue weighted by atomic mass is 35.5. The van der Waals surface area contributed by atoms with Crippen molar-refractivity contribution in [3.63, 3.8) is 0 Å². The molecule has 8 heteroatoms. The minimum atomic E-state index is -0.634. The van der Waals surface area contributed by atoms with Crippen LogP contribution in [0.4, 0.5) is 4.79 Å². The highest BCUT2D eigenvalue weighted by Gasteiger charge is 2.35. The summed E-state index contributed by atoms with van der Waals surface area (Å²) >= 11 is 8.24. The van der Waals surface area contributed by atoms with Gasteiger partial charge in [0, 0.05) is 41.9 Å². The molecule has 1 aromatic rings. The number of hydrogen-bond acceptors (Lipinski definition) is 5. The lowest BCUT2D eigenvalue weighted by Crippen LogP contribution is -2.49. The number of rotatable bonds is 5. The Bertz CT molecular complexity index is 719. The number of nitrogens with zero attached hydrogens (tertiary/aromatic N) is 1. The number of carbonyl (C=O) groups is 2. The number of nitrogens with one attached hydrogen (secondary N) is 2. The van der Waals surface area contributed by atoms with Crippen LogP contribution < -0.4 is 10.6 Å². The largest absolute Gasteiger partial charge is 0.463 e. The summed E-state index contributed by atoms with van der Waals surface area (Å²) in [5.41, 5.74) is 1.68. The molecule has 1 aromatic carbocycles. The Kier molecular flexibility index (Phi) is 6.45. The fraction of sp³-hybridized carbons (Fsp3) is 0.444. The zero-order chi connectivity index (χ0) is 18.5. The van der Waals surface area contributed by atoms with Gasteiger partial charge in [0.05, 0.1) is 18.2 Å². The Morgan fingerprint density at radius 1 is 1.35 bits per heavy atom. The van der Waals surface area contributed by atoms with Gasteiger partial charge in [0.2, 0.25) is 0 Å². The number of urea groups is 1. The number of esters is 1. The number of hydrogen-bond donors (Lipinski definition) is 2. The van der Waals surface area contributed by atoms with Crippen LogP contribution in [-0.2, 0) is 9.53 Å². The molecule has 2 aliphatic rings. The lowest BCUT2D eigenvalue weighted by Gasteiger charge is -2.33. The van der Waals surface area contributed by atoms with Crippen LogP contribution in [0, 0.1) is 0 Å². The highest BCUT2D eigenvalue weighted by molar-refractivity contribution is 7.99. The maximum Gasteiger partial charge on any atom is 0.338 e. The average Bonchev–Trinajstić information content (AvgIpc) is 2.62. The van der Waals surface area contributed by atoms with Crippen molar-refractivity contribution in [1.29, 1.82) is 0 Å². The molecule has 1 atom stereocenters. The fourth-order valence-electron chi connectivity index (χ4n) is 3.12. The molecule has 0 unspecified atom stereocenters. The zero-order valence-corrected chi connectivity index (χ0v) is 16.2. The molecule has 0 aromatic heterocycles. The molecule has 2 amide bonds. The molecule has 140 valence electrons. The van der Waals surface area contributed by atoms with Crippen molar-refractivity contribution in [1.82, 2.24) is 15.5 Å². The van der Waals surface area contributed by atoms with E-state index in [9.17, 15) is 9.59 Å². The normalized spacial score (nSPS) is 21.2. The molecule has 2 heterocycles. The van der Waals surface area contributed by atoms with Crippen molar-refractivity contribution in [2.45, 2.75) is 13.0 Å². The van der Waals surface area contributed by atoms with Crippen LogP contribution in [0.3, 0.4) is 0 Å². The van der Waals surface area contributed by atoms with Crippen LogP contribution in [0.1, 0.15) is 18.5 Å². The van der Waals surface area contributed by atoms with E-state index in [4.69, 9.17) is 16.3 Å². The SMILES string of the molecule is CCOC(=O)C1=C(CN2CCSCC2)NC(=O)N[C@H]1c1ccccc1Cl. The topological polar surface area (TPSA) is 70.7 Å². The maximum absolute atomic E-state index is 12.7. The third kappa shape index (κ3) is 4.34. The third-order valence-electron chi connectivity index (χ3n) is 4.35. The molecule has 2 aliphatic heterocycles. The summed E-state index contributed by atoms with van der Waals surface area (Å²) in [7, 11) is 0. The van der Waals surface area contributed by atoms with Crippen molar-refractivity contribution in [3.8, 4) is 0 Å². The summed E-state index contributed by atoms with van der Waals surface area (Å²) in [4.78, 5) is 27.2. The van der Waals surface area contributed by atoms with Gasteiger partial charge in [0.25, 0.3) is 0 Å². The van der Waals surface area contributed by atoms with Gasteiger partial charge in [-0.3, -0.25) is 4.90 Å². The molecule has 2 N–H and O–H groups in total. The van der Waals surface area contributed by atoms with Crippen molar-refractivity contribution < 1.29 is 14.3 Å². The van der Waals surface area contributed by atoms with E-state index in [2.05, 4.69) is 15.5 Å². The van der Waals surface area contributed by atoms with Gasteiger partial charge in [-0.15, -0.1) is 0 Å². The summed E-state index contributed by atoms with van der Waals surface area (Å²) in [6.07, 6.45) is 0. The number of benzene rings is 1. The molecule has 26 heavy (non-hydrogen) atoms. The van der Waals surface area contributed by atoms with Gasteiger partial charge in [0.1, 0.15) is 0 Å². The second kappa shape index (κ2) is 8.79. The highest BCUT2D eigenvalue weighted by Crippen LogP contribution is 2.32. The van der Waals surface area contributed by atoms with Gasteiger partial charge in [-0.25, -0.2) is 9.59 Å². The molecule has 1 saturated heterocycles. The monoisotopic (exact) mass is 395 g/mol. The van der Waals surface area contributed by atoms with Crippen LogP contribution in [-0.4, -0.2) is 54.6 Å². The van der Waals surface area contributed by atoms with E-state index in [1.165, 1.54) is 0 Å². The molecule has 1 fully saturated rings. The summed E-state index contributed by atoms with van der Waals surface area (Å²) in [5, 5.41) is 6.12. The van der Waals surface area contributed by atoms with Crippen LogP contribution in [0.5, 0.6) is 0 Å². The van der Waals surface area contributed by atoms with E-state index < -0.39 is 12.0 Å². The lowest BCUT2D eigenvalue weighted by atomic mass is 9.95. The van der Waals surface area contributed by atoms with Gasteiger partial charge in [-0.2, -0.15) is 11.8 Å². The van der Waals surface area contributed by atoms with Gasteiger partial charge in [-0.05, 0) is 18.6 Å². The minimum Gasteiger partial charge on any atom is -0.463 e. The fourth-order valence-corrected chi connectivity index (χ4v) is 4.34. The number of ether oxygens (including phenoxy) is 1. The quantitative estimate of drug-likeness (QED) is 0.750. The van der Waals surface area contributed by atoms with Gasteiger partial charge in [0.15, 0.2) is 0 Å². The standard InChI is InChI=1S/C18H22ClN3O3S/c1-2-25-17(23)15-14(11-22-7-9-26-10-8-22)20-18(24)21-16(15)12-5-3-4-6-13(12)19/h3-6,16H,2,7-11H2,1H3,(H2,20,21,24)/t16-/m0/s1. The van der Waals surface area contributed by atoms with Crippen LogP contribution >= 0.6 is 23.4 Å². The predicted octanol–water partition coefficient (Wildman–Crippen LogP) is 2.56. The number of amides is 2. The minimum absolute atomic E-state index is 0.263. The first kappa shape index (κ1) is 19.1. The molecule has 0 bridgehead atoms. The third-order valence-corrected chi connectivity index (χ3v) is 5.64. The summed E-state index contributed by atoms with van der Waals surface area (Å²) in [5.74, 6) is 1.65. The van der Waals surface area contributed by atoms with Crippen LogP contribution in [0.2, 0.25) is 5.02 Å². The smallest absolute Gasteiger partial charge is 0.338 e. The predicted molar refractivity (Wildman–Crippen MR) is 103 cm³/mol. The molecule has 0 aliphatic carbocycles. The van der Waals surface area contributed by atoms with Crippen molar-refractivity contribution in [2.24, 2.45) is 0 Å². The first-order valence-corrected chi connectivity index (χ1v) is 10.2. The van der Waals surface area contributed by atoms with Crippen molar-refractivity contribution in [2.75, 3.05) is 37.7 Å². The molecule has 3 rings (SSSR count). The van der Waals surface area contributed by atoms with Crippen LogP contribution in [0.15, 0.2) is 35.5 Å². The van der Waals surface area contributed by atoms with Crippen molar-refractivity contribution in [3.05, 3.63) is 46.1 Å². The second-order valence-electron chi connectivity index (χ2n) is 6.05. The molecule has 0 radical (unpaired) electrons. The summed E-state index contributed by atoms with van der Waals surface area (Å²) in [6, 6.07) is 6.23. The average molecular weight is 396 g/mol. The Hall–Kier alpha value is -1.70. The zero-order valence-electron chi connectivity index (χ0n) is 14.6. The molecular weight excluding hydrogens is 374 g/mol. The molecule has 0 spiro atoms. The molecular formula is C18H22ClN3O3S. The second-order valence-corrected chi connectivity index (χ2v) is 7.69. The number of thioether (sulfide) groups is 1. The number of carbonyl (C=O) groups excluding carboxylic acids is 2. The van der Waals surface area contributed by atoms with Crippen LogP contribution in [0.25, 0.3) is 0 Å². The van der Waals surface area contributed by atoms with E-state index in [0.717, 1.165) is 24.6 Å². The maximum atomic E-state index is 12.7.